The van der Waals surface area contributed by atoms with Crippen LogP contribution in [0.25, 0.3) is 0 Å². The molecule has 1 saturated carbocycles. The Bertz CT molecular complexity index is 1690. The number of nitrogens with one attached hydrogen (secondary N) is 1. The Morgan fingerprint density at radius 1 is 0.800 bits per heavy atom. The molecule has 1 aliphatic rings. The van der Waals surface area contributed by atoms with E-state index in [0.717, 1.165) is 52.2 Å². The van der Waals surface area contributed by atoms with Crippen molar-refractivity contribution in [3.8, 4) is 0 Å². The number of nitrogens with zero attached hydrogens (tertiary/aromatic N) is 2. The Hall–Kier alpha value is -4.43. The van der Waals surface area contributed by atoms with E-state index in [0.29, 0.717) is 12.1 Å². The van der Waals surface area contributed by atoms with Crippen LogP contribution in [0.15, 0.2) is 114 Å². The van der Waals surface area contributed by atoms with Crippen LogP contribution in [0, 0.1) is 13.8 Å². The van der Waals surface area contributed by atoms with Gasteiger partial charge in [-0.25, -0.2) is 8.42 Å². The van der Waals surface area contributed by atoms with E-state index in [1.807, 2.05) is 80.6 Å². The van der Waals surface area contributed by atoms with E-state index in [1.54, 1.807) is 35.2 Å². The number of rotatable bonds is 12. The molecule has 4 aromatic carbocycles. The summed E-state index contributed by atoms with van der Waals surface area (Å²) in [7, 11) is -4.11. The molecule has 45 heavy (non-hydrogen) atoms. The maximum absolute atomic E-state index is 14.6. The van der Waals surface area contributed by atoms with Gasteiger partial charge in [0.05, 0.1) is 10.6 Å². The summed E-state index contributed by atoms with van der Waals surface area (Å²) < 4.78 is 29.3. The van der Waals surface area contributed by atoms with Crippen LogP contribution in [0.4, 0.5) is 5.69 Å². The van der Waals surface area contributed by atoms with E-state index in [-0.39, 0.29) is 23.4 Å². The van der Waals surface area contributed by atoms with Crippen molar-refractivity contribution < 1.29 is 18.0 Å². The highest BCUT2D eigenvalue weighted by Gasteiger charge is 2.35. The van der Waals surface area contributed by atoms with Crippen molar-refractivity contribution in [3.63, 3.8) is 0 Å². The topological polar surface area (TPSA) is 86.8 Å². The highest BCUT2D eigenvalue weighted by atomic mass is 32.2. The first kappa shape index (κ1) is 32.0. The van der Waals surface area contributed by atoms with Gasteiger partial charge in [0.2, 0.25) is 11.8 Å². The molecule has 234 valence electrons. The molecule has 1 aliphatic carbocycles. The Morgan fingerprint density at radius 3 is 2.04 bits per heavy atom. The minimum Gasteiger partial charge on any atom is -0.352 e. The molecule has 0 radical (unpaired) electrons. The van der Waals surface area contributed by atoms with Gasteiger partial charge in [0.15, 0.2) is 0 Å². The van der Waals surface area contributed by atoms with Crippen molar-refractivity contribution in [3.05, 3.63) is 131 Å². The molecule has 1 fully saturated rings. The van der Waals surface area contributed by atoms with Gasteiger partial charge >= 0.3 is 0 Å². The Morgan fingerprint density at radius 2 is 1.40 bits per heavy atom. The van der Waals surface area contributed by atoms with Gasteiger partial charge in [0.25, 0.3) is 10.0 Å². The monoisotopic (exact) mass is 623 g/mol. The van der Waals surface area contributed by atoms with E-state index in [2.05, 4.69) is 5.32 Å². The molecule has 0 heterocycles. The third kappa shape index (κ3) is 8.00. The number of benzene rings is 4. The van der Waals surface area contributed by atoms with Crippen LogP contribution < -0.4 is 9.62 Å². The minimum absolute atomic E-state index is 0.0636. The van der Waals surface area contributed by atoms with Crippen molar-refractivity contribution in [1.29, 1.82) is 0 Å². The largest absolute Gasteiger partial charge is 0.352 e. The normalized spacial score (nSPS) is 14.1. The van der Waals surface area contributed by atoms with Gasteiger partial charge in [-0.2, -0.15) is 0 Å². The number of carbonyl (C=O) groups is 2. The number of sulfonamides is 1. The maximum Gasteiger partial charge on any atom is 0.264 e. The molecule has 1 unspecified atom stereocenters. The Kier molecular flexibility index (Phi) is 10.4. The van der Waals surface area contributed by atoms with Gasteiger partial charge < -0.3 is 10.2 Å². The molecule has 5 rings (SSSR count). The molecule has 7 nitrogen and oxygen atoms in total. The third-order valence-electron chi connectivity index (χ3n) is 8.51. The highest BCUT2D eigenvalue weighted by molar-refractivity contribution is 7.92. The minimum atomic E-state index is -4.11. The first-order chi connectivity index (χ1) is 21.7. The molecule has 0 aromatic heterocycles. The molecule has 0 bridgehead atoms. The lowest BCUT2D eigenvalue weighted by Gasteiger charge is -2.34. The van der Waals surface area contributed by atoms with Gasteiger partial charge in [-0.05, 0) is 67.6 Å². The fourth-order valence-corrected chi connectivity index (χ4v) is 7.29. The zero-order valence-corrected chi connectivity index (χ0v) is 26.7. The van der Waals surface area contributed by atoms with Crippen LogP contribution in [0.3, 0.4) is 0 Å². The summed E-state index contributed by atoms with van der Waals surface area (Å²) >= 11 is 0. The van der Waals surface area contributed by atoms with Crippen LogP contribution in [-0.2, 0) is 32.6 Å². The molecule has 1 N–H and O–H groups in total. The summed E-state index contributed by atoms with van der Waals surface area (Å²) in [5, 5.41) is 3.22. The zero-order valence-electron chi connectivity index (χ0n) is 25.9. The second-order valence-electron chi connectivity index (χ2n) is 11.8. The molecular formula is C37H41N3O4S. The summed E-state index contributed by atoms with van der Waals surface area (Å²) in [6, 6.07) is 31.8. The number of hydrogen-bond acceptors (Lipinski definition) is 4. The second-order valence-corrected chi connectivity index (χ2v) is 13.7. The van der Waals surface area contributed by atoms with E-state index in [9.17, 15) is 18.0 Å². The number of anilines is 1. The molecule has 8 heteroatoms. The SMILES string of the molecule is Cc1ccc(N(CC(=O)N(Cc2ccccc2C)C(Cc2ccccc2)C(=O)NC2CCCC2)S(=O)(=O)c2ccccc2)cc1. The predicted molar refractivity (Wildman–Crippen MR) is 178 cm³/mol. The van der Waals surface area contributed by atoms with Crippen molar-refractivity contribution in [2.75, 3.05) is 10.8 Å². The Balaban J connectivity index is 1.56. The van der Waals surface area contributed by atoms with Crippen molar-refractivity contribution in [2.45, 2.75) is 69.5 Å². The quantitative estimate of drug-likeness (QED) is 0.204. The van der Waals surface area contributed by atoms with Crippen LogP contribution in [0.2, 0.25) is 0 Å². The molecular weight excluding hydrogens is 582 g/mol. The maximum atomic E-state index is 14.6. The number of hydrogen-bond donors (Lipinski definition) is 1. The summed E-state index contributed by atoms with van der Waals surface area (Å²) in [4.78, 5) is 30.4. The van der Waals surface area contributed by atoms with Crippen molar-refractivity contribution in [2.24, 2.45) is 0 Å². The van der Waals surface area contributed by atoms with E-state index >= 15 is 0 Å². The van der Waals surface area contributed by atoms with E-state index < -0.39 is 28.5 Å². The first-order valence-electron chi connectivity index (χ1n) is 15.5. The average molecular weight is 624 g/mol. The molecule has 0 spiro atoms. The number of amides is 2. The van der Waals surface area contributed by atoms with Gasteiger partial charge in [0, 0.05) is 19.0 Å². The molecule has 4 aromatic rings. The predicted octanol–water partition coefficient (Wildman–Crippen LogP) is 6.20. The summed E-state index contributed by atoms with van der Waals surface area (Å²) in [5.74, 6) is -0.679. The second kappa shape index (κ2) is 14.6. The number of aryl methyl sites for hydroxylation is 2. The van der Waals surface area contributed by atoms with Crippen LogP contribution in [0.5, 0.6) is 0 Å². The lowest BCUT2D eigenvalue weighted by Crippen LogP contribution is -2.54. The molecule has 0 saturated heterocycles. The summed E-state index contributed by atoms with van der Waals surface area (Å²) in [6.45, 7) is 3.59. The van der Waals surface area contributed by atoms with E-state index in [1.165, 1.54) is 12.1 Å². The summed E-state index contributed by atoms with van der Waals surface area (Å²) in [6.07, 6.45) is 4.23. The highest BCUT2D eigenvalue weighted by Crippen LogP contribution is 2.26. The fraction of sp³-hybridized carbons (Fsp3) is 0.297. The first-order valence-corrected chi connectivity index (χ1v) is 17.0. The van der Waals surface area contributed by atoms with Crippen LogP contribution in [0.1, 0.15) is 47.9 Å². The van der Waals surface area contributed by atoms with Crippen LogP contribution >= 0.6 is 0 Å². The third-order valence-corrected chi connectivity index (χ3v) is 10.3. The molecule has 0 aliphatic heterocycles. The van der Waals surface area contributed by atoms with Crippen molar-refractivity contribution in [1.82, 2.24) is 10.2 Å². The fourth-order valence-electron chi connectivity index (χ4n) is 5.85. The van der Waals surface area contributed by atoms with Crippen LogP contribution in [-0.4, -0.2) is 43.8 Å². The van der Waals surface area contributed by atoms with Gasteiger partial charge in [-0.3, -0.25) is 13.9 Å². The Labute approximate surface area is 266 Å². The zero-order chi connectivity index (χ0) is 31.8. The summed E-state index contributed by atoms with van der Waals surface area (Å²) in [5.41, 5.74) is 4.14. The van der Waals surface area contributed by atoms with Gasteiger partial charge in [-0.1, -0.05) is 103 Å². The lowest BCUT2D eigenvalue weighted by atomic mass is 10.0. The average Bonchev–Trinajstić information content (AvgIpc) is 3.56. The van der Waals surface area contributed by atoms with Crippen molar-refractivity contribution >= 4 is 27.5 Å². The van der Waals surface area contributed by atoms with Gasteiger partial charge in [0.1, 0.15) is 12.6 Å². The molecule has 1 atom stereocenters. The van der Waals surface area contributed by atoms with Gasteiger partial charge in [-0.15, -0.1) is 0 Å². The smallest absolute Gasteiger partial charge is 0.264 e. The lowest BCUT2D eigenvalue weighted by molar-refractivity contribution is -0.140. The van der Waals surface area contributed by atoms with E-state index in [4.69, 9.17) is 0 Å². The number of carbonyl (C=O) groups excluding carboxylic acids is 2. The molecule has 2 amide bonds. The standard InChI is InChI=1S/C37H41N3O4S/c1-28-21-23-33(24-22-28)40(45(43,44)34-19-7-4-8-20-34)27-36(41)39(26-31-16-10-9-13-29(31)2)35(25-30-14-5-3-6-15-30)37(42)38-32-17-11-12-18-32/h3-10,13-16,19-24,32,35H,11-12,17-18,25-27H2,1-2H3,(H,38,42).